The molecule has 2 aromatic rings. The van der Waals surface area contributed by atoms with E-state index in [-0.39, 0.29) is 0 Å². The Hall–Kier alpha value is -1.96. The van der Waals surface area contributed by atoms with E-state index in [9.17, 15) is 0 Å². The zero-order chi connectivity index (χ0) is 12.3. The quantitative estimate of drug-likeness (QED) is 0.815. The van der Waals surface area contributed by atoms with E-state index in [0.717, 1.165) is 5.75 Å². The van der Waals surface area contributed by atoms with E-state index >= 15 is 0 Å². The molecule has 0 amide bonds. The van der Waals surface area contributed by atoms with Gasteiger partial charge in [0.1, 0.15) is 12.4 Å². The van der Waals surface area contributed by atoms with Crippen LogP contribution in [0.1, 0.15) is 16.7 Å². The van der Waals surface area contributed by atoms with E-state index in [0.29, 0.717) is 12.3 Å². The van der Waals surface area contributed by atoms with Crippen molar-refractivity contribution in [1.82, 2.24) is 0 Å². The van der Waals surface area contributed by atoms with E-state index in [1.165, 1.54) is 16.7 Å². The molecule has 0 heterocycles. The van der Waals surface area contributed by atoms with Gasteiger partial charge in [-0.2, -0.15) is 0 Å². The van der Waals surface area contributed by atoms with Crippen molar-refractivity contribution in [2.75, 3.05) is 5.73 Å². The van der Waals surface area contributed by atoms with Crippen molar-refractivity contribution in [3.05, 3.63) is 59.2 Å². The maximum atomic E-state index is 5.82. The van der Waals surface area contributed by atoms with Crippen molar-refractivity contribution < 1.29 is 4.74 Å². The van der Waals surface area contributed by atoms with Gasteiger partial charge >= 0.3 is 0 Å². The first kappa shape index (κ1) is 11.5. The highest BCUT2D eigenvalue weighted by molar-refractivity contribution is 5.51. The van der Waals surface area contributed by atoms with Crippen molar-refractivity contribution in [2.45, 2.75) is 20.5 Å². The Morgan fingerprint density at radius 3 is 2.53 bits per heavy atom. The van der Waals surface area contributed by atoms with Crippen LogP contribution in [0.15, 0.2) is 42.5 Å². The molecule has 0 radical (unpaired) electrons. The molecule has 0 aliphatic carbocycles. The zero-order valence-electron chi connectivity index (χ0n) is 10.2. The lowest BCUT2D eigenvalue weighted by Crippen LogP contribution is -2.00. The third-order valence-electron chi connectivity index (χ3n) is 2.80. The van der Waals surface area contributed by atoms with E-state index in [4.69, 9.17) is 10.5 Å². The first-order chi connectivity index (χ1) is 8.16. The molecule has 0 saturated heterocycles. The van der Waals surface area contributed by atoms with Crippen molar-refractivity contribution in [3.8, 4) is 5.75 Å². The van der Waals surface area contributed by atoms with E-state index in [2.05, 4.69) is 32.0 Å². The van der Waals surface area contributed by atoms with Crippen molar-refractivity contribution in [2.24, 2.45) is 0 Å². The summed E-state index contributed by atoms with van der Waals surface area (Å²) in [7, 11) is 0. The Labute approximate surface area is 102 Å². The third kappa shape index (κ3) is 2.78. The fourth-order valence-corrected chi connectivity index (χ4v) is 1.78. The summed E-state index contributed by atoms with van der Waals surface area (Å²) in [5.74, 6) is 0.743. The molecule has 0 aliphatic heterocycles. The maximum absolute atomic E-state index is 5.82. The molecule has 0 spiro atoms. The van der Waals surface area contributed by atoms with Crippen molar-refractivity contribution in [1.29, 1.82) is 0 Å². The van der Waals surface area contributed by atoms with Gasteiger partial charge in [0.05, 0.1) is 5.69 Å². The number of nitrogens with two attached hydrogens (primary N) is 1. The van der Waals surface area contributed by atoms with Crippen LogP contribution >= 0.6 is 0 Å². The normalized spacial score (nSPS) is 10.2. The second-order valence-corrected chi connectivity index (χ2v) is 4.26. The molecule has 2 nitrogen and oxygen atoms in total. The Kier molecular flexibility index (Phi) is 3.33. The van der Waals surface area contributed by atoms with Gasteiger partial charge in [0, 0.05) is 0 Å². The molecule has 0 aliphatic rings. The molecular formula is C15H17NO. The number of ether oxygens (including phenoxy) is 1. The van der Waals surface area contributed by atoms with Crippen molar-refractivity contribution >= 4 is 5.69 Å². The van der Waals surface area contributed by atoms with Gasteiger partial charge in [0.25, 0.3) is 0 Å². The molecule has 2 aromatic carbocycles. The first-order valence-corrected chi connectivity index (χ1v) is 5.70. The van der Waals surface area contributed by atoms with Gasteiger partial charge in [-0.25, -0.2) is 0 Å². The lowest BCUT2D eigenvalue weighted by Gasteiger charge is -2.10. The molecule has 0 fully saturated rings. The van der Waals surface area contributed by atoms with Gasteiger partial charge in [-0.3, -0.25) is 0 Å². The Morgan fingerprint density at radius 1 is 1.06 bits per heavy atom. The number of anilines is 1. The number of benzene rings is 2. The number of nitrogen functional groups attached to an aromatic ring is 1. The summed E-state index contributed by atoms with van der Waals surface area (Å²) in [4.78, 5) is 0. The van der Waals surface area contributed by atoms with Crippen molar-refractivity contribution in [3.63, 3.8) is 0 Å². The predicted octanol–water partition coefficient (Wildman–Crippen LogP) is 3.46. The monoisotopic (exact) mass is 227 g/mol. The van der Waals surface area contributed by atoms with Crippen LogP contribution in [0, 0.1) is 13.8 Å². The highest BCUT2D eigenvalue weighted by Crippen LogP contribution is 2.21. The van der Waals surface area contributed by atoms with E-state index < -0.39 is 0 Å². The van der Waals surface area contributed by atoms with E-state index in [1.807, 2.05) is 24.3 Å². The van der Waals surface area contributed by atoms with Crippen LogP contribution in [0.5, 0.6) is 5.75 Å². The topological polar surface area (TPSA) is 35.2 Å². The summed E-state index contributed by atoms with van der Waals surface area (Å²) in [5, 5.41) is 0. The Bertz CT molecular complexity index is 520. The van der Waals surface area contributed by atoms with Crippen LogP contribution in [-0.2, 0) is 6.61 Å². The van der Waals surface area contributed by atoms with Crippen LogP contribution in [0.3, 0.4) is 0 Å². The van der Waals surface area contributed by atoms with Crippen LogP contribution < -0.4 is 10.5 Å². The molecule has 0 saturated carbocycles. The summed E-state index contributed by atoms with van der Waals surface area (Å²) >= 11 is 0. The summed E-state index contributed by atoms with van der Waals surface area (Å²) in [6.45, 7) is 4.74. The second-order valence-electron chi connectivity index (χ2n) is 4.26. The summed E-state index contributed by atoms with van der Waals surface area (Å²) < 4.78 is 5.72. The minimum atomic E-state index is 0.556. The van der Waals surface area contributed by atoms with Crippen LogP contribution in [0.25, 0.3) is 0 Å². The third-order valence-corrected chi connectivity index (χ3v) is 2.80. The van der Waals surface area contributed by atoms with Crippen LogP contribution in [0.4, 0.5) is 5.69 Å². The number of rotatable bonds is 3. The molecule has 0 aromatic heterocycles. The Morgan fingerprint density at radius 2 is 1.82 bits per heavy atom. The van der Waals surface area contributed by atoms with Gasteiger partial charge in [-0.1, -0.05) is 35.9 Å². The minimum absolute atomic E-state index is 0.556. The highest BCUT2D eigenvalue weighted by Gasteiger charge is 2.02. The zero-order valence-corrected chi connectivity index (χ0v) is 10.2. The van der Waals surface area contributed by atoms with Crippen LogP contribution in [-0.4, -0.2) is 0 Å². The van der Waals surface area contributed by atoms with Gasteiger partial charge in [-0.15, -0.1) is 0 Å². The number of para-hydroxylation sites is 2. The van der Waals surface area contributed by atoms with Crippen LogP contribution in [0.2, 0.25) is 0 Å². The second kappa shape index (κ2) is 4.91. The lowest BCUT2D eigenvalue weighted by atomic mass is 10.1. The highest BCUT2D eigenvalue weighted by atomic mass is 16.5. The predicted molar refractivity (Wildman–Crippen MR) is 71.1 cm³/mol. The first-order valence-electron chi connectivity index (χ1n) is 5.70. The smallest absolute Gasteiger partial charge is 0.142 e. The molecule has 0 bridgehead atoms. The summed E-state index contributed by atoms with van der Waals surface area (Å²) in [6, 6.07) is 13.9. The molecule has 2 rings (SSSR count). The van der Waals surface area contributed by atoms with Gasteiger partial charge in [0.15, 0.2) is 0 Å². The van der Waals surface area contributed by atoms with Gasteiger partial charge in [0.2, 0.25) is 0 Å². The molecule has 2 N–H and O–H groups in total. The molecular weight excluding hydrogens is 210 g/mol. The average molecular weight is 227 g/mol. The number of hydrogen-bond acceptors (Lipinski definition) is 2. The number of aryl methyl sites for hydroxylation is 2. The summed E-state index contributed by atoms with van der Waals surface area (Å²) in [5.41, 5.74) is 10.2. The molecule has 17 heavy (non-hydrogen) atoms. The SMILES string of the molecule is Cc1ccc(COc2ccccc2N)c(C)c1. The molecule has 2 heteroatoms. The minimum Gasteiger partial charge on any atom is -0.487 e. The Balaban J connectivity index is 2.10. The fraction of sp³-hybridized carbons (Fsp3) is 0.200. The average Bonchev–Trinajstić information content (AvgIpc) is 2.30. The maximum Gasteiger partial charge on any atom is 0.142 e. The van der Waals surface area contributed by atoms with Gasteiger partial charge < -0.3 is 10.5 Å². The molecule has 88 valence electrons. The molecule has 0 unspecified atom stereocenters. The van der Waals surface area contributed by atoms with E-state index in [1.54, 1.807) is 0 Å². The van der Waals surface area contributed by atoms with Gasteiger partial charge in [-0.05, 0) is 37.1 Å². The fourth-order valence-electron chi connectivity index (χ4n) is 1.78. The largest absolute Gasteiger partial charge is 0.487 e. The standard InChI is InChI=1S/C15H17NO/c1-11-7-8-13(12(2)9-11)10-17-15-6-4-3-5-14(15)16/h3-9H,10,16H2,1-2H3. The lowest BCUT2D eigenvalue weighted by molar-refractivity contribution is 0.307. The number of hydrogen-bond donors (Lipinski definition) is 1. The molecule has 0 atom stereocenters. The summed E-state index contributed by atoms with van der Waals surface area (Å²) in [6.07, 6.45) is 0.